The summed E-state index contributed by atoms with van der Waals surface area (Å²) >= 11 is 6.36. The van der Waals surface area contributed by atoms with Crippen molar-refractivity contribution < 1.29 is 0 Å². The molecule has 0 amide bonds. The number of piperazine rings is 1. The number of halogens is 1. The van der Waals surface area contributed by atoms with E-state index in [-0.39, 0.29) is 0 Å². The van der Waals surface area contributed by atoms with Gasteiger partial charge in [-0.3, -0.25) is 0 Å². The van der Waals surface area contributed by atoms with Gasteiger partial charge in [0.15, 0.2) is 0 Å². The topological polar surface area (TPSA) is 28.2 Å². The van der Waals surface area contributed by atoms with Gasteiger partial charge in [0.1, 0.15) is 0 Å². The second kappa shape index (κ2) is 6.42. The summed E-state index contributed by atoms with van der Waals surface area (Å²) in [6.07, 6.45) is 0. The molecular formula is C20H20ClN3. The van der Waals surface area contributed by atoms with E-state index in [9.17, 15) is 0 Å². The van der Waals surface area contributed by atoms with Crippen LogP contribution in [0.25, 0.3) is 22.2 Å². The summed E-state index contributed by atoms with van der Waals surface area (Å²) in [4.78, 5) is 7.38. The number of rotatable bonds is 2. The molecule has 1 saturated heterocycles. The highest BCUT2D eigenvalue weighted by Gasteiger charge is 2.17. The summed E-state index contributed by atoms with van der Waals surface area (Å²) in [5, 5.41) is 5.37. The van der Waals surface area contributed by atoms with E-state index in [0.717, 1.165) is 53.5 Å². The monoisotopic (exact) mass is 337 g/mol. The fraction of sp³-hybridized carbons (Fsp3) is 0.250. The quantitative estimate of drug-likeness (QED) is 0.756. The zero-order valence-electron chi connectivity index (χ0n) is 13.7. The van der Waals surface area contributed by atoms with Crippen molar-refractivity contribution in [3.63, 3.8) is 0 Å². The fourth-order valence-corrected chi connectivity index (χ4v) is 3.46. The van der Waals surface area contributed by atoms with Gasteiger partial charge in [0, 0.05) is 47.8 Å². The maximum absolute atomic E-state index is 6.36. The Morgan fingerprint density at radius 2 is 1.79 bits per heavy atom. The lowest BCUT2D eigenvalue weighted by Crippen LogP contribution is -2.43. The van der Waals surface area contributed by atoms with Gasteiger partial charge >= 0.3 is 0 Å². The average Bonchev–Trinajstić information content (AvgIpc) is 2.65. The molecule has 0 aliphatic carbocycles. The molecule has 1 aromatic heterocycles. The van der Waals surface area contributed by atoms with Gasteiger partial charge in [0.2, 0.25) is 0 Å². The Bertz CT molecular complexity index is 871. The molecule has 4 rings (SSSR count). The van der Waals surface area contributed by atoms with Crippen molar-refractivity contribution in [2.45, 2.75) is 6.92 Å². The lowest BCUT2D eigenvalue weighted by Gasteiger charge is -2.31. The third-order valence-electron chi connectivity index (χ3n) is 4.67. The minimum atomic E-state index is 0.770. The molecule has 1 aliphatic rings. The fourth-order valence-electron chi connectivity index (χ4n) is 3.31. The van der Waals surface area contributed by atoms with Crippen molar-refractivity contribution >= 4 is 28.2 Å². The third kappa shape index (κ3) is 2.74. The lowest BCUT2D eigenvalue weighted by molar-refractivity contribution is 0.590. The summed E-state index contributed by atoms with van der Waals surface area (Å²) in [6.45, 7) is 6.09. The molecule has 4 heteroatoms. The van der Waals surface area contributed by atoms with E-state index in [0.29, 0.717) is 0 Å². The molecule has 24 heavy (non-hydrogen) atoms. The Morgan fingerprint density at radius 3 is 2.54 bits per heavy atom. The van der Waals surface area contributed by atoms with E-state index < -0.39 is 0 Å². The van der Waals surface area contributed by atoms with E-state index in [2.05, 4.69) is 46.6 Å². The van der Waals surface area contributed by atoms with E-state index in [1.807, 2.05) is 19.1 Å². The molecule has 1 N–H and O–H groups in total. The summed E-state index contributed by atoms with van der Waals surface area (Å²) in [5.74, 6) is 0. The number of nitrogens with zero attached hydrogens (tertiary/aromatic N) is 2. The molecule has 0 unspecified atom stereocenters. The summed E-state index contributed by atoms with van der Waals surface area (Å²) in [6, 6.07) is 16.6. The average molecular weight is 338 g/mol. The number of aryl methyl sites for hydroxylation is 1. The Morgan fingerprint density at radius 1 is 1.04 bits per heavy atom. The molecule has 0 radical (unpaired) electrons. The van der Waals surface area contributed by atoms with Crippen molar-refractivity contribution in [1.29, 1.82) is 0 Å². The van der Waals surface area contributed by atoms with Crippen LogP contribution in [0, 0.1) is 6.92 Å². The van der Waals surface area contributed by atoms with Crippen LogP contribution in [0.3, 0.4) is 0 Å². The number of aromatic nitrogens is 1. The van der Waals surface area contributed by atoms with Crippen LogP contribution in [0.5, 0.6) is 0 Å². The Labute approximate surface area is 147 Å². The number of hydrogen-bond acceptors (Lipinski definition) is 3. The number of pyridine rings is 1. The van der Waals surface area contributed by atoms with Crippen molar-refractivity contribution in [2.75, 3.05) is 31.1 Å². The van der Waals surface area contributed by atoms with Crippen LogP contribution in [0.15, 0.2) is 48.5 Å². The van der Waals surface area contributed by atoms with Gasteiger partial charge in [-0.2, -0.15) is 0 Å². The molecule has 2 aromatic carbocycles. The second-order valence-corrected chi connectivity index (χ2v) is 6.61. The molecule has 0 bridgehead atoms. The highest BCUT2D eigenvalue weighted by Crippen LogP contribution is 2.34. The van der Waals surface area contributed by atoms with E-state index in [1.54, 1.807) is 0 Å². The summed E-state index contributed by atoms with van der Waals surface area (Å²) in [5.41, 5.74) is 5.43. The molecule has 0 atom stereocenters. The Hall–Kier alpha value is -2.10. The van der Waals surface area contributed by atoms with Gasteiger partial charge in [-0.15, -0.1) is 0 Å². The smallest absolute Gasteiger partial charge is 0.0774 e. The molecule has 3 nitrogen and oxygen atoms in total. The Kier molecular flexibility index (Phi) is 4.13. The molecule has 1 aliphatic heterocycles. The van der Waals surface area contributed by atoms with Crippen LogP contribution in [-0.2, 0) is 0 Å². The summed E-state index contributed by atoms with van der Waals surface area (Å²) < 4.78 is 0. The maximum Gasteiger partial charge on any atom is 0.0774 e. The predicted octanol–water partition coefficient (Wildman–Crippen LogP) is 4.27. The molecule has 122 valence electrons. The summed E-state index contributed by atoms with van der Waals surface area (Å²) in [7, 11) is 0. The van der Waals surface area contributed by atoms with Gasteiger partial charge in [0.05, 0.1) is 11.2 Å². The van der Waals surface area contributed by atoms with Gasteiger partial charge in [-0.05, 0) is 30.7 Å². The normalized spacial score (nSPS) is 15.0. The molecule has 2 heterocycles. The van der Waals surface area contributed by atoms with Crippen LogP contribution < -0.4 is 10.2 Å². The maximum atomic E-state index is 6.36. The molecule has 0 saturated carbocycles. The first-order chi connectivity index (χ1) is 11.7. The van der Waals surface area contributed by atoms with E-state index in [4.69, 9.17) is 16.6 Å². The first kappa shape index (κ1) is 15.4. The zero-order valence-corrected chi connectivity index (χ0v) is 14.5. The van der Waals surface area contributed by atoms with Crippen LogP contribution in [-0.4, -0.2) is 31.2 Å². The predicted molar refractivity (Wildman–Crippen MR) is 102 cm³/mol. The first-order valence-electron chi connectivity index (χ1n) is 8.35. The van der Waals surface area contributed by atoms with Crippen molar-refractivity contribution in [2.24, 2.45) is 0 Å². The minimum Gasteiger partial charge on any atom is -0.368 e. The van der Waals surface area contributed by atoms with Crippen molar-refractivity contribution in [1.82, 2.24) is 10.3 Å². The van der Waals surface area contributed by atoms with Crippen LogP contribution >= 0.6 is 11.6 Å². The van der Waals surface area contributed by atoms with Crippen LogP contribution in [0.1, 0.15) is 5.56 Å². The number of benzene rings is 2. The lowest BCUT2D eigenvalue weighted by atomic mass is 10.0. The largest absolute Gasteiger partial charge is 0.368 e. The SMILES string of the molecule is Cc1c(Cl)ccc2c(N3CCNCC3)cc(-c3ccccc3)nc12. The Balaban J connectivity index is 1.96. The molecule has 0 spiro atoms. The first-order valence-corrected chi connectivity index (χ1v) is 8.73. The standard InChI is InChI=1S/C20H20ClN3/c1-14-17(21)8-7-16-19(24-11-9-22-10-12-24)13-18(23-20(14)16)15-5-3-2-4-6-15/h2-8,13,22H,9-12H2,1H3. The van der Waals surface area contributed by atoms with Crippen molar-refractivity contribution in [3.8, 4) is 11.3 Å². The number of nitrogens with one attached hydrogen (secondary N) is 1. The minimum absolute atomic E-state index is 0.770. The highest BCUT2D eigenvalue weighted by atomic mass is 35.5. The second-order valence-electron chi connectivity index (χ2n) is 6.20. The molecule has 1 fully saturated rings. The number of anilines is 1. The van der Waals surface area contributed by atoms with Gasteiger partial charge < -0.3 is 10.2 Å². The van der Waals surface area contributed by atoms with Gasteiger partial charge in [-0.1, -0.05) is 41.9 Å². The number of hydrogen-bond donors (Lipinski definition) is 1. The zero-order chi connectivity index (χ0) is 16.5. The van der Waals surface area contributed by atoms with E-state index >= 15 is 0 Å². The van der Waals surface area contributed by atoms with E-state index in [1.165, 1.54) is 11.1 Å². The van der Waals surface area contributed by atoms with Crippen LogP contribution in [0.4, 0.5) is 5.69 Å². The van der Waals surface area contributed by atoms with Crippen molar-refractivity contribution in [3.05, 3.63) is 59.1 Å². The number of fused-ring (bicyclic) bond motifs is 1. The molecule has 3 aromatic rings. The van der Waals surface area contributed by atoms with Crippen LogP contribution in [0.2, 0.25) is 5.02 Å². The third-order valence-corrected chi connectivity index (χ3v) is 5.08. The van der Waals surface area contributed by atoms with Gasteiger partial charge in [-0.25, -0.2) is 4.98 Å². The molecular weight excluding hydrogens is 318 g/mol. The van der Waals surface area contributed by atoms with Gasteiger partial charge in [0.25, 0.3) is 0 Å². The highest BCUT2D eigenvalue weighted by molar-refractivity contribution is 6.32.